The fourth-order valence-electron chi connectivity index (χ4n) is 3.85. The van der Waals surface area contributed by atoms with Crippen LogP contribution in [-0.2, 0) is 5.41 Å². The smallest absolute Gasteiger partial charge is 0.0597 e. The first kappa shape index (κ1) is 12.8. The molecule has 1 aromatic heterocycles. The van der Waals surface area contributed by atoms with E-state index in [1.807, 2.05) is 18.5 Å². The van der Waals surface area contributed by atoms with Crippen molar-refractivity contribution in [2.24, 2.45) is 0 Å². The second-order valence-electron chi connectivity index (χ2n) is 6.40. The summed E-state index contributed by atoms with van der Waals surface area (Å²) >= 11 is 0. The third kappa shape index (κ3) is 2.04. The number of rotatable bonds is 1. The van der Waals surface area contributed by atoms with Gasteiger partial charge in [0.25, 0.3) is 0 Å². The second-order valence-corrected chi connectivity index (χ2v) is 6.40. The minimum Gasteiger partial charge on any atom is -0.339 e. The quantitative estimate of drug-likeness (QED) is 0.799. The third-order valence-corrected chi connectivity index (χ3v) is 5.13. The van der Waals surface area contributed by atoms with E-state index in [1.54, 1.807) is 0 Å². The van der Waals surface area contributed by atoms with Gasteiger partial charge in [0.1, 0.15) is 0 Å². The van der Waals surface area contributed by atoms with E-state index in [1.165, 1.54) is 42.9 Å². The molecule has 2 aromatic rings. The zero-order valence-electron chi connectivity index (χ0n) is 12.5. The molecule has 0 atom stereocenters. The Balaban J connectivity index is 1.77. The molecule has 0 radical (unpaired) electrons. The molecule has 1 aromatic carbocycles. The summed E-state index contributed by atoms with van der Waals surface area (Å²) in [7, 11) is 2.23. The molecule has 2 aliphatic heterocycles. The largest absolute Gasteiger partial charge is 0.339 e. The lowest BCUT2D eigenvalue weighted by Gasteiger charge is -2.38. The Bertz CT molecular complexity index is 630. The Kier molecular flexibility index (Phi) is 2.96. The van der Waals surface area contributed by atoms with Crippen LogP contribution < -0.4 is 4.90 Å². The Morgan fingerprint density at radius 3 is 2.62 bits per heavy atom. The number of piperidine rings is 1. The summed E-state index contributed by atoms with van der Waals surface area (Å²) in [6, 6.07) is 13.1. The second kappa shape index (κ2) is 4.85. The van der Waals surface area contributed by atoms with Gasteiger partial charge in [-0.25, -0.2) is 0 Å². The molecule has 1 spiro atoms. The molecule has 0 N–H and O–H groups in total. The summed E-state index contributed by atoms with van der Waals surface area (Å²) in [6.45, 7) is 3.47. The van der Waals surface area contributed by atoms with Crippen LogP contribution in [0.4, 0.5) is 11.4 Å². The van der Waals surface area contributed by atoms with E-state index < -0.39 is 0 Å². The lowest BCUT2D eigenvalue weighted by atomic mass is 9.74. The predicted octanol–water partition coefficient (Wildman–Crippen LogP) is 3.20. The van der Waals surface area contributed by atoms with E-state index in [0.29, 0.717) is 5.41 Å². The Hall–Kier alpha value is -1.87. The molecule has 3 heterocycles. The van der Waals surface area contributed by atoms with Gasteiger partial charge in [-0.3, -0.25) is 4.98 Å². The van der Waals surface area contributed by atoms with Crippen LogP contribution in [0.15, 0.2) is 48.8 Å². The number of hydrogen-bond donors (Lipinski definition) is 0. The van der Waals surface area contributed by atoms with Gasteiger partial charge in [-0.05, 0) is 56.7 Å². The number of hydrogen-bond acceptors (Lipinski definition) is 3. The number of likely N-dealkylation sites (tertiary alicyclic amines) is 1. The van der Waals surface area contributed by atoms with Crippen molar-refractivity contribution < 1.29 is 0 Å². The van der Waals surface area contributed by atoms with Crippen molar-refractivity contribution >= 4 is 11.4 Å². The van der Waals surface area contributed by atoms with Gasteiger partial charge < -0.3 is 9.80 Å². The summed E-state index contributed by atoms with van der Waals surface area (Å²) in [5.74, 6) is 0. The number of anilines is 2. The molecule has 0 bridgehead atoms. The van der Waals surface area contributed by atoms with Gasteiger partial charge in [0.2, 0.25) is 0 Å². The molecule has 3 nitrogen and oxygen atoms in total. The van der Waals surface area contributed by atoms with Gasteiger partial charge in [0, 0.05) is 23.8 Å². The van der Waals surface area contributed by atoms with E-state index in [9.17, 15) is 0 Å². The van der Waals surface area contributed by atoms with Crippen LogP contribution >= 0.6 is 0 Å². The maximum Gasteiger partial charge on any atom is 0.0597 e. The van der Waals surface area contributed by atoms with Crippen LogP contribution in [0.25, 0.3) is 0 Å². The van der Waals surface area contributed by atoms with E-state index in [-0.39, 0.29) is 0 Å². The Labute approximate surface area is 126 Å². The topological polar surface area (TPSA) is 19.4 Å². The molecule has 1 fully saturated rings. The molecular formula is C18H21N3. The standard InChI is InChI=1S/C18H21N3/c1-20-11-8-18(9-12-20)14-21(15-5-4-10-19-13-15)17-7-3-2-6-16(17)18/h2-7,10,13H,8-9,11-12,14H2,1H3. The first-order valence-corrected chi connectivity index (χ1v) is 7.74. The molecule has 3 heteroatoms. The molecule has 0 aliphatic carbocycles. The average Bonchev–Trinajstić information content (AvgIpc) is 2.87. The normalized spacial score (nSPS) is 20.7. The molecule has 0 unspecified atom stereocenters. The van der Waals surface area contributed by atoms with Crippen molar-refractivity contribution in [3.05, 3.63) is 54.4 Å². The summed E-state index contributed by atoms with van der Waals surface area (Å²) in [5, 5.41) is 0. The number of nitrogens with zero attached hydrogens (tertiary/aromatic N) is 3. The fourth-order valence-corrected chi connectivity index (χ4v) is 3.85. The van der Waals surface area contributed by atoms with Crippen LogP contribution in [0.1, 0.15) is 18.4 Å². The van der Waals surface area contributed by atoms with Crippen LogP contribution in [-0.4, -0.2) is 36.6 Å². The van der Waals surface area contributed by atoms with Gasteiger partial charge in [-0.2, -0.15) is 0 Å². The van der Waals surface area contributed by atoms with Crippen LogP contribution in [0, 0.1) is 0 Å². The van der Waals surface area contributed by atoms with Crippen molar-refractivity contribution in [3.8, 4) is 0 Å². The fraction of sp³-hybridized carbons (Fsp3) is 0.389. The first-order valence-electron chi connectivity index (χ1n) is 7.74. The van der Waals surface area contributed by atoms with Crippen LogP contribution in [0.3, 0.4) is 0 Å². The third-order valence-electron chi connectivity index (χ3n) is 5.13. The van der Waals surface area contributed by atoms with Crippen molar-refractivity contribution in [2.45, 2.75) is 18.3 Å². The highest BCUT2D eigenvalue weighted by molar-refractivity contribution is 5.72. The molecule has 4 rings (SSSR count). The maximum absolute atomic E-state index is 4.30. The highest BCUT2D eigenvalue weighted by atomic mass is 15.2. The van der Waals surface area contributed by atoms with Crippen LogP contribution in [0.5, 0.6) is 0 Å². The van der Waals surface area contributed by atoms with Crippen LogP contribution in [0.2, 0.25) is 0 Å². The zero-order valence-corrected chi connectivity index (χ0v) is 12.5. The number of para-hydroxylation sites is 1. The lowest BCUT2D eigenvalue weighted by molar-refractivity contribution is 0.198. The van der Waals surface area contributed by atoms with Crippen molar-refractivity contribution in [3.63, 3.8) is 0 Å². The van der Waals surface area contributed by atoms with Crippen molar-refractivity contribution in [2.75, 3.05) is 31.6 Å². The Morgan fingerprint density at radius 2 is 1.86 bits per heavy atom. The molecule has 0 saturated carbocycles. The molecule has 0 amide bonds. The SMILES string of the molecule is CN1CCC2(CC1)CN(c1cccnc1)c1ccccc12. The van der Waals surface area contributed by atoms with Gasteiger partial charge in [0.15, 0.2) is 0 Å². The maximum atomic E-state index is 4.30. The number of benzene rings is 1. The molecule has 1 saturated heterocycles. The highest BCUT2D eigenvalue weighted by Gasteiger charge is 2.44. The monoisotopic (exact) mass is 279 g/mol. The molecule has 2 aliphatic rings. The lowest BCUT2D eigenvalue weighted by Crippen LogP contribution is -2.43. The van der Waals surface area contributed by atoms with E-state index in [4.69, 9.17) is 0 Å². The van der Waals surface area contributed by atoms with Gasteiger partial charge >= 0.3 is 0 Å². The summed E-state index contributed by atoms with van der Waals surface area (Å²) < 4.78 is 0. The number of aromatic nitrogens is 1. The van der Waals surface area contributed by atoms with Crippen molar-refractivity contribution in [1.82, 2.24) is 9.88 Å². The number of pyridine rings is 1. The summed E-state index contributed by atoms with van der Waals surface area (Å²) in [6.07, 6.45) is 6.32. The minimum atomic E-state index is 0.318. The van der Waals surface area contributed by atoms with Gasteiger partial charge in [-0.1, -0.05) is 18.2 Å². The molecule has 21 heavy (non-hydrogen) atoms. The predicted molar refractivity (Wildman–Crippen MR) is 86.1 cm³/mol. The van der Waals surface area contributed by atoms with E-state index >= 15 is 0 Å². The van der Waals surface area contributed by atoms with Gasteiger partial charge in [0.05, 0.1) is 11.9 Å². The number of fused-ring (bicyclic) bond motifs is 2. The molecular weight excluding hydrogens is 258 g/mol. The Morgan fingerprint density at radius 1 is 1.05 bits per heavy atom. The van der Waals surface area contributed by atoms with E-state index in [2.05, 4.69) is 52.2 Å². The van der Waals surface area contributed by atoms with E-state index in [0.717, 1.165) is 6.54 Å². The first-order chi connectivity index (χ1) is 10.3. The highest BCUT2D eigenvalue weighted by Crippen LogP contribution is 2.49. The van der Waals surface area contributed by atoms with Crippen molar-refractivity contribution in [1.29, 1.82) is 0 Å². The minimum absolute atomic E-state index is 0.318. The average molecular weight is 279 g/mol. The zero-order chi connectivity index (χ0) is 14.3. The molecule has 108 valence electrons. The summed E-state index contributed by atoms with van der Waals surface area (Å²) in [5.41, 5.74) is 4.43. The van der Waals surface area contributed by atoms with Gasteiger partial charge in [-0.15, -0.1) is 0 Å². The summed E-state index contributed by atoms with van der Waals surface area (Å²) in [4.78, 5) is 9.19.